The molecule has 1 unspecified atom stereocenters. The molecule has 1 aliphatic rings. The first-order valence-electron chi connectivity index (χ1n) is 9.55. The van der Waals surface area contributed by atoms with Crippen LogP contribution in [0.2, 0.25) is 0 Å². The average Bonchev–Trinajstić information content (AvgIpc) is 3.06. The first kappa shape index (κ1) is 18.6. The van der Waals surface area contributed by atoms with Gasteiger partial charge in [-0.25, -0.2) is 9.36 Å². The van der Waals surface area contributed by atoms with Crippen molar-refractivity contribution in [1.82, 2.24) is 24.5 Å². The van der Waals surface area contributed by atoms with Gasteiger partial charge in [0.25, 0.3) is 5.56 Å². The molecule has 3 aromatic rings. The predicted molar refractivity (Wildman–Crippen MR) is 107 cm³/mol. The number of rotatable bonds is 4. The molecule has 1 fully saturated rings. The number of H-pyrrole nitrogens is 1. The fourth-order valence-electron chi connectivity index (χ4n) is 3.91. The molecule has 2 aromatic heterocycles. The summed E-state index contributed by atoms with van der Waals surface area (Å²) in [7, 11) is 2.19. The van der Waals surface area contributed by atoms with Crippen LogP contribution in [0.1, 0.15) is 19.4 Å². The van der Waals surface area contributed by atoms with Gasteiger partial charge in [-0.2, -0.15) is 0 Å². The van der Waals surface area contributed by atoms with E-state index in [0.717, 1.165) is 37.1 Å². The van der Waals surface area contributed by atoms with Crippen molar-refractivity contribution in [1.29, 1.82) is 0 Å². The number of benzene rings is 1. The second-order valence-electron chi connectivity index (χ2n) is 7.84. The number of hydrogen-bond donors (Lipinski definition) is 1. The molecule has 1 atom stereocenters. The van der Waals surface area contributed by atoms with Gasteiger partial charge in [-0.15, -0.1) is 0 Å². The van der Waals surface area contributed by atoms with Gasteiger partial charge in [0.2, 0.25) is 0 Å². The summed E-state index contributed by atoms with van der Waals surface area (Å²) in [6.07, 6.45) is 1.42. The molecule has 4 rings (SSSR count). The average molecular weight is 383 g/mol. The molecule has 1 aromatic carbocycles. The number of fused-ring (bicyclic) bond motifs is 1. The van der Waals surface area contributed by atoms with Crippen LogP contribution >= 0.6 is 0 Å². The molecule has 1 saturated heterocycles. The lowest BCUT2D eigenvalue weighted by molar-refractivity contribution is 0.0657. The topological polar surface area (TPSA) is 87.4 Å². The van der Waals surface area contributed by atoms with Crippen LogP contribution in [0.15, 0.2) is 44.6 Å². The zero-order chi connectivity index (χ0) is 19.8. The molecular formula is C20H25N5O3. The van der Waals surface area contributed by atoms with E-state index >= 15 is 0 Å². The van der Waals surface area contributed by atoms with Crippen molar-refractivity contribution in [2.75, 3.05) is 26.7 Å². The molecule has 3 heterocycles. The van der Waals surface area contributed by atoms with Crippen molar-refractivity contribution in [3.63, 3.8) is 0 Å². The minimum atomic E-state index is -0.535. The Morgan fingerprint density at radius 1 is 1.25 bits per heavy atom. The lowest BCUT2D eigenvalue weighted by Crippen LogP contribution is -2.53. The normalized spacial score (nSPS) is 18.9. The maximum atomic E-state index is 12.1. The fraction of sp³-hybridized carbons (Fsp3) is 0.450. The Morgan fingerprint density at radius 3 is 2.82 bits per heavy atom. The van der Waals surface area contributed by atoms with Gasteiger partial charge in [0.1, 0.15) is 0 Å². The molecule has 1 N–H and O–H groups in total. The zero-order valence-electron chi connectivity index (χ0n) is 16.4. The Hall–Kier alpha value is -2.71. The van der Waals surface area contributed by atoms with E-state index in [1.807, 2.05) is 18.2 Å². The van der Waals surface area contributed by atoms with E-state index < -0.39 is 11.2 Å². The van der Waals surface area contributed by atoms with E-state index in [1.54, 1.807) is 0 Å². The molecule has 0 amide bonds. The molecule has 28 heavy (non-hydrogen) atoms. The highest BCUT2D eigenvalue weighted by molar-refractivity contribution is 5.84. The smallest absolute Gasteiger partial charge is 0.334 e. The van der Waals surface area contributed by atoms with Crippen molar-refractivity contribution in [2.24, 2.45) is 5.92 Å². The summed E-state index contributed by atoms with van der Waals surface area (Å²) in [5.41, 5.74) is 0.772. The second-order valence-corrected chi connectivity index (χ2v) is 7.84. The number of aromatic amines is 1. The molecule has 0 saturated carbocycles. The van der Waals surface area contributed by atoms with Gasteiger partial charge < -0.3 is 9.42 Å². The van der Waals surface area contributed by atoms with Crippen LogP contribution in [0.3, 0.4) is 0 Å². The van der Waals surface area contributed by atoms with Gasteiger partial charge in [-0.3, -0.25) is 14.7 Å². The summed E-state index contributed by atoms with van der Waals surface area (Å²) < 4.78 is 6.67. The van der Waals surface area contributed by atoms with Crippen LogP contribution in [0.5, 0.6) is 0 Å². The highest BCUT2D eigenvalue weighted by Gasteiger charge is 2.26. The summed E-state index contributed by atoms with van der Waals surface area (Å²) in [5, 5.41) is 4.79. The van der Waals surface area contributed by atoms with Crippen LogP contribution < -0.4 is 11.2 Å². The molecule has 1 aliphatic heterocycles. The van der Waals surface area contributed by atoms with Crippen molar-refractivity contribution >= 4 is 11.0 Å². The predicted octanol–water partition coefficient (Wildman–Crippen LogP) is 1.44. The molecule has 8 heteroatoms. The minimum absolute atomic E-state index is 0.386. The fourth-order valence-corrected chi connectivity index (χ4v) is 3.91. The van der Waals surface area contributed by atoms with Gasteiger partial charge in [-0.05, 0) is 30.7 Å². The monoisotopic (exact) mass is 383 g/mol. The SMILES string of the molecule is CC(C)C1CN(Cc2ccc3onc(-n4ccc(=O)[nH]c4=O)c3c2)CCN1C. The van der Waals surface area contributed by atoms with Crippen molar-refractivity contribution in [2.45, 2.75) is 26.4 Å². The lowest BCUT2D eigenvalue weighted by Gasteiger charge is -2.41. The number of aromatic nitrogens is 3. The first-order chi connectivity index (χ1) is 13.4. The highest BCUT2D eigenvalue weighted by Crippen LogP contribution is 2.24. The van der Waals surface area contributed by atoms with E-state index in [9.17, 15) is 9.59 Å². The largest absolute Gasteiger partial charge is 0.354 e. The molecule has 0 spiro atoms. The van der Waals surface area contributed by atoms with Crippen molar-refractivity contribution in [3.8, 4) is 5.82 Å². The van der Waals surface area contributed by atoms with Gasteiger partial charge >= 0.3 is 5.69 Å². The van der Waals surface area contributed by atoms with Crippen LogP contribution in [-0.4, -0.2) is 57.2 Å². The molecule has 8 nitrogen and oxygen atoms in total. The number of nitrogens with one attached hydrogen (secondary N) is 1. The van der Waals surface area contributed by atoms with E-state index in [4.69, 9.17) is 4.52 Å². The van der Waals surface area contributed by atoms with E-state index in [1.165, 1.54) is 16.8 Å². The van der Waals surface area contributed by atoms with Gasteiger partial charge in [0.15, 0.2) is 11.4 Å². The van der Waals surface area contributed by atoms with E-state index in [2.05, 4.69) is 40.8 Å². The Kier molecular flexibility index (Phi) is 4.91. The Labute approximate surface area is 162 Å². The third-order valence-corrected chi connectivity index (χ3v) is 5.52. The summed E-state index contributed by atoms with van der Waals surface area (Å²) in [6, 6.07) is 7.77. The first-order valence-corrected chi connectivity index (χ1v) is 9.55. The summed E-state index contributed by atoms with van der Waals surface area (Å²) >= 11 is 0. The van der Waals surface area contributed by atoms with Gasteiger partial charge in [-0.1, -0.05) is 25.1 Å². The lowest BCUT2D eigenvalue weighted by atomic mass is 10.00. The summed E-state index contributed by atoms with van der Waals surface area (Å²) in [4.78, 5) is 30.6. The van der Waals surface area contributed by atoms with Crippen LogP contribution in [0.25, 0.3) is 16.8 Å². The molecule has 0 bridgehead atoms. The molecule has 0 aliphatic carbocycles. The summed E-state index contributed by atoms with van der Waals surface area (Å²) in [6.45, 7) is 8.47. The summed E-state index contributed by atoms with van der Waals surface area (Å²) in [5.74, 6) is 0.989. The van der Waals surface area contributed by atoms with Gasteiger partial charge in [0, 0.05) is 44.5 Å². The molecule has 0 radical (unpaired) electrons. The second kappa shape index (κ2) is 7.37. The molecule has 148 valence electrons. The van der Waals surface area contributed by atoms with Crippen molar-refractivity contribution < 1.29 is 4.52 Å². The Balaban J connectivity index is 1.63. The quantitative estimate of drug-likeness (QED) is 0.734. The van der Waals surface area contributed by atoms with E-state index in [-0.39, 0.29) is 0 Å². The third kappa shape index (κ3) is 3.53. The van der Waals surface area contributed by atoms with Gasteiger partial charge in [0.05, 0.1) is 5.39 Å². The van der Waals surface area contributed by atoms with E-state index in [0.29, 0.717) is 23.4 Å². The zero-order valence-corrected chi connectivity index (χ0v) is 16.4. The number of likely N-dealkylation sites (N-methyl/N-ethyl adjacent to an activating group) is 1. The maximum absolute atomic E-state index is 12.1. The minimum Gasteiger partial charge on any atom is -0.354 e. The number of nitrogens with zero attached hydrogens (tertiary/aromatic N) is 4. The standard InChI is InChI=1S/C20H25N5O3/c1-13(2)16-12-24(9-8-23(16)3)11-14-4-5-17-15(10-14)19(22-28-17)25-7-6-18(26)21-20(25)27/h4-7,10,13,16H,8-9,11-12H2,1-3H3,(H,21,26,27). The number of hydrogen-bond acceptors (Lipinski definition) is 6. The van der Waals surface area contributed by atoms with Crippen LogP contribution in [-0.2, 0) is 6.54 Å². The van der Waals surface area contributed by atoms with Crippen LogP contribution in [0.4, 0.5) is 0 Å². The Morgan fingerprint density at radius 2 is 2.07 bits per heavy atom. The Bertz CT molecular complexity index is 1100. The molecular weight excluding hydrogens is 358 g/mol. The number of piperazine rings is 1. The maximum Gasteiger partial charge on any atom is 0.334 e. The highest BCUT2D eigenvalue weighted by atomic mass is 16.5. The van der Waals surface area contributed by atoms with Crippen LogP contribution in [0, 0.1) is 5.92 Å². The van der Waals surface area contributed by atoms with Crippen molar-refractivity contribution in [3.05, 3.63) is 56.9 Å². The third-order valence-electron chi connectivity index (χ3n) is 5.52.